The van der Waals surface area contributed by atoms with Gasteiger partial charge in [0.2, 0.25) is 5.78 Å². The third kappa shape index (κ3) is 2.22. The molecule has 0 radical (unpaired) electrons. The Kier molecular flexibility index (Phi) is 3.73. The number of rotatable bonds is 2. The quantitative estimate of drug-likeness (QED) is 0.566. The van der Waals surface area contributed by atoms with Crippen LogP contribution in [0.5, 0.6) is 0 Å². The number of imide groups is 2. The highest BCUT2D eigenvalue weighted by atomic mass is 16.2. The molecule has 8 heteroatoms. The molecule has 0 spiro atoms. The molecular weight excluding hydrogens is 288 g/mol. The average Bonchev–Trinajstić information content (AvgIpc) is 2.51. The number of aromatic nitrogens is 1. The summed E-state index contributed by atoms with van der Waals surface area (Å²) in [5.74, 6) is -4.20. The summed E-state index contributed by atoms with van der Waals surface area (Å²) in [6, 6.07) is 3.80. The Bertz CT molecular complexity index is 726. The minimum absolute atomic E-state index is 0.0978. The third-order valence-corrected chi connectivity index (χ3v) is 3.45. The van der Waals surface area contributed by atoms with Crippen LogP contribution in [0.25, 0.3) is 0 Å². The largest absolute Gasteiger partial charge is 0.332 e. The zero-order valence-electron chi connectivity index (χ0n) is 12.2. The fraction of sp³-hybridized carbons (Fsp3) is 0.286. The third-order valence-electron chi connectivity index (χ3n) is 3.45. The summed E-state index contributed by atoms with van der Waals surface area (Å²) >= 11 is 0. The van der Waals surface area contributed by atoms with Crippen molar-refractivity contribution in [3.05, 3.63) is 29.1 Å². The van der Waals surface area contributed by atoms with E-state index in [1.165, 1.54) is 26.2 Å². The molecule has 22 heavy (non-hydrogen) atoms. The molecule has 0 bridgehead atoms. The number of nitrogens with zero attached hydrogens (tertiary/aromatic N) is 4. The fourth-order valence-corrected chi connectivity index (χ4v) is 2.10. The Morgan fingerprint density at radius 3 is 2.18 bits per heavy atom. The summed E-state index contributed by atoms with van der Waals surface area (Å²) < 4.78 is 0. The maximum absolute atomic E-state index is 12.4. The van der Waals surface area contributed by atoms with Crippen LogP contribution in [-0.2, 0) is 9.59 Å². The lowest BCUT2D eigenvalue weighted by atomic mass is 9.96. The Morgan fingerprint density at radius 2 is 1.73 bits per heavy atom. The number of hydrogen-bond acceptors (Lipinski definition) is 6. The van der Waals surface area contributed by atoms with Crippen LogP contribution in [0.2, 0.25) is 0 Å². The van der Waals surface area contributed by atoms with Crippen molar-refractivity contribution in [1.82, 2.24) is 14.8 Å². The first-order valence-corrected chi connectivity index (χ1v) is 6.30. The molecule has 0 unspecified atom stereocenters. The van der Waals surface area contributed by atoms with Crippen LogP contribution >= 0.6 is 0 Å². The first-order valence-electron chi connectivity index (χ1n) is 6.30. The van der Waals surface area contributed by atoms with E-state index in [2.05, 4.69) is 4.98 Å². The maximum Gasteiger partial charge on any atom is 0.332 e. The zero-order valence-corrected chi connectivity index (χ0v) is 12.2. The van der Waals surface area contributed by atoms with Crippen LogP contribution in [0.15, 0.2) is 12.1 Å². The van der Waals surface area contributed by atoms with E-state index < -0.39 is 29.5 Å². The molecule has 112 valence electrons. The number of aryl methyl sites for hydroxylation is 1. The molecule has 0 aliphatic carbocycles. The predicted molar refractivity (Wildman–Crippen MR) is 72.4 cm³/mol. The lowest BCUT2D eigenvalue weighted by Crippen LogP contribution is -2.58. The van der Waals surface area contributed by atoms with E-state index in [9.17, 15) is 19.2 Å². The topological polar surface area (TPSA) is 111 Å². The van der Waals surface area contributed by atoms with Gasteiger partial charge in [0.05, 0.1) is 11.3 Å². The molecule has 0 saturated carbocycles. The standard InChI is InChI=1S/C14H12N4O4/c1-7-8(6-15)4-5-9(16-7)11(19)10-12(20)17(2)14(22)18(3)13(10)21/h4-5,10H,1-3H3. The number of carbonyl (C=O) groups excluding carboxylic acids is 4. The number of carbonyl (C=O) groups is 4. The number of urea groups is 1. The Morgan fingerprint density at radius 1 is 1.18 bits per heavy atom. The van der Waals surface area contributed by atoms with Gasteiger partial charge < -0.3 is 0 Å². The molecule has 1 aliphatic heterocycles. The minimum atomic E-state index is -1.63. The van der Waals surface area contributed by atoms with Crippen molar-refractivity contribution in [3.8, 4) is 6.07 Å². The number of barbiturate groups is 1. The van der Waals surface area contributed by atoms with Gasteiger partial charge in [-0.15, -0.1) is 0 Å². The molecule has 0 aromatic carbocycles. The molecule has 4 amide bonds. The molecule has 1 aromatic heterocycles. The van der Waals surface area contributed by atoms with Crippen molar-refractivity contribution in [3.63, 3.8) is 0 Å². The van der Waals surface area contributed by atoms with Gasteiger partial charge in [-0.1, -0.05) is 0 Å². The molecule has 2 rings (SSSR count). The second kappa shape index (κ2) is 5.37. The SMILES string of the molecule is Cc1nc(C(=O)C2C(=O)N(C)C(=O)N(C)C2=O)ccc1C#N. The van der Waals surface area contributed by atoms with E-state index in [0.717, 1.165) is 9.80 Å². The summed E-state index contributed by atoms with van der Waals surface area (Å²) in [5, 5.41) is 8.85. The predicted octanol–water partition coefficient (Wildman–Crippen LogP) is 0.111. The number of ketones is 1. The average molecular weight is 300 g/mol. The lowest BCUT2D eigenvalue weighted by molar-refractivity contribution is -0.145. The van der Waals surface area contributed by atoms with Gasteiger partial charge in [0.25, 0.3) is 11.8 Å². The van der Waals surface area contributed by atoms with Gasteiger partial charge in [-0.3, -0.25) is 24.2 Å². The van der Waals surface area contributed by atoms with Gasteiger partial charge in [-0.2, -0.15) is 5.26 Å². The number of Topliss-reactive ketones (excluding diaryl/α,β-unsaturated/α-hetero) is 1. The van der Waals surface area contributed by atoms with Crippen LogP contribution in [-0.4, -0.2) is 52.5 Å². The van der Waals surface area contributed by atoms with E-state index in [1.54, 1.807) is 6.92 Å². The summed E-state index contributed by atoms with van der Waals surface area (Å²) in [6.07, 6.45) is 0. The summed E-state index contributed by atoms with van der Waals surface area (Å²) in [7, 11) is 2.40. The Labute approximate surface area is 125 Å². The molecular formula is C14H12N4O4. The molecule has 8 nitrogen and oxygen atoms in total. The molecule has 1 aliphatic rings. The minimum Gasteiger partial charge on any atom is -0.291 e. The number of amides is 4. The summed E-state index contributed by atoms with van der Waals surface area (Å²) in [6.45, 7) is 1.54. The monoisotopic (exact) mass is 300 g/mol. The van der Waals surface area contributed by atoms with Crippen LogP contribution in [0.3, 0.4) is 0 Å². The van der Waals surface area contributed by atoms with E-state index in [0.29, 0.717) is 11.3 Å². The van der Waals surface area contributed by atoms with Crippen LogP contribution in [0.4, 0.5) is 4.79 Å². The number of nitriles is 1. The Hall–Kier alpha value is -3.08. The van der Waals surface area contributed by atoms with Crippen molar-refractivity contribution >= 4 is 23.6 Å². The highest BCUT2D eigenvalue weighted by Crippen LogP contribution is 2.19. The van der Waals surface area contributed by atoms with Crippen molar-refractivity contribution in [2.45, 2.75) is 6.92 Å². The molecule has 2 heterocycles. The Balaban J connectivity index is 2.42. The first kappa shape index (κ1) is 15.3. The summed E-state index contributed by atoms with van der Waals surface area (Å²) in [4.78, 5) is 53.6. The molecule has 0 atom stereocenters. The molecule has 1 fully saturated rings. The van der Waals surface area contributed by atoms with Gasteiger partial charge in [-0.25, -0.2) is 9.78 Å². The van der Waals surface area contributed by atoms with Gasteiger partial charge in [0.15, 0.2) is 5.92 Å². The number of pyridine rings is 1. The molecule has 1 saturated heterocycles. The van der Waals surface area contributed by atoms with Crippen LogP contribution in [0, 0.1) is 24.2 Å². The smallest absolute Gasteiger partial charge is 0.291 e. The lowest BCUT2D eigenvalue weighted by Gasteiger charge is -2.31. The highest BCUT2D eigenvalue weighted by molar-refractivity contribution is 6.29. The van der Waals surface area contributed by atoms with Crippen molar-refractivity contribution in [2.24, 2.45) is 5.92 Å². The molecule has 1 aromatic rings. The summed E-state index contributed by atoms with van der Waals surface area (Å²) in [5.41, 5.74) is 0.517. The van der Waals surface area contributed by atoms with Crippen LogP contribution in [0.1, 0.15) is 21.7 Å². The van der Waals surface area contributed by atoms with Crippen molar-refractivity contribution < 1.29 is 19.2 Å². The number of hydrogen-bond donors (Lipinski definition) is 0. The van der Waals surface area contributed by atoms with Crippen LogP contribution < -0.4 is 0 Å². The van der Waals surface area contributed by atoms with Crippen molar-refractivity contribution in [2.75, 3.05) is 14.1 Å². The van der Waals surface area contributed by atoms with Gasteiger partial charge >= 0.3 is 6.03 Å². The van der Waals surface area contributed by atoms with E-state index >= 15 is 0 Å². The highest BCUT2D eigenvalue weighted by Gasteiger charge is 2.47. The fourth-order valence-electron chi connectivity index (χ4n) is 2.10. The van der Waals surface area contributed by atoms with E-state index in [-0.39, 0.29) is 5.69 Å². The molecule has 0 N–H and O–H groups in total. The second-order valence-corrected chi connectivity index (χ2v) is 4.82. The maximum atomic E-state index is 12.4. The normalized spacial score (nSPS) is 16.0. The first-order chi connectivity index (χ1) is 10.3. The second-order valence-electron chi connectivity index (χ2n) is 4.82. The van der Waals surface area contributed by atoms with E-state index in [1.807, 2.05) is 6.07 Å². The van der Waals surface area contributed by atoms with Gasteiger partial charge in [-0.05, 0) is 19.1 Å². The van der Waals surface area contributed by atoms with Crippen molar-refractivity contribution in [1.29, 1.82) is 5.26 Å². The van der Waals surface area contributed by atoms with Gasteiger partial charge in [0, 0.05) is 14.1 Å². The van der Waals surface area contributed by atoms with E-state index in [4.69, 9.17) is 5.26 Å². The van der Waals surface area contributed by atoms with Gasteiger partial charge in [0.1, 0.15) is 11.8 Å². The zero-order chi connectivity index (χ0) is 16.6.